The quantitative estimate of drug-likeness (QED) is 0.220. The van der Waals surface area contributed by atoms with E-state index < -0.39 is 5.97 Å². The largest absolute Gasteiger partial charge is 0.459 e. The Labute approximate surface area is 132 Å². The molecule has 0 aliphatic heterocycles. The number of hydroxylamine groups is 1. The highest BCUT2D eigenvalue weighted by Crippen LogP contribution is 2.21. The zero-order chi connectivity index (χ0) is 15.8. The van der Waals surface area contributed by atoms with E-state index in [2.05, 4.69) is 10.5 Å². The number of carbonyl (C=O) groups excluding carboxylic acids is 1. The van der Waals surface area contributed by atoms with Gasteiger partial charge in [-0.25, -0.2) is 9.78 Å². The van der Waals surface area contributed by atoms with E-state index in [0.717, 1.165) is 6.26 Å². The van der Waals surface area contributed by atoms with Crippen molar-refractivity contribution in [1.29, 1.82) is 0 Å². The van der Waals surface area contributed by atoms with Crippen molar-refractivity contribution in [2.24, 2.45) is 0 Å². The summed E-state index contributed by atoms with van der Waals surface area (Å²) in [4.78, 5) is 20.6. The average Bonchev–Trinajstić information content (AvgIpc) is 2.53. The average molecular weight is 321 g/mol. The van der Waals surface area contributed by atoms with Crippen LogP contribution in [0.3, 0.4) is 0 Å². The normalized spacial score (nSPS) is 10.9. The predicted octanol–water partition coefficient (Wildman–Crippen LogP) is 2.71. The number of benzene rings is 1. The number of carbonyl (C=O) groups is 1. The van der Waals surface area contributed by atoms with Gasteiger partial charge in [0.25, 0.3) is 0 Å². The zero-order valence-corrected chi connectivity index (χ0v) is 12.4. The van der Waals surface area contributed by atoms with E-state index in [1.165, 1.54) is 13.3 Å². The molecule has 0 aliphatic rings. The molecule has 1 aromatic carbocycles. The highest BCUT2D eigenvalue weighted by atomic mass is 35.5. The fourth-order valence-electron chi connectivity index (χ4n) is 1.46. The van der Waals surface area contributed by atoms with E-state index in [1.807, 2.05) is 6.07 Å². The van der Waals surface area contributed by atoms with Crippen LogP contribution >= 0.6 is 11.6 Å². The molecule has 0 amide bonds. The van der Waals surface area contributed by atoms with Gasteiger partial charge in [0.2, 0.25) is 0 Å². The SMILES string of the molecule is CONC(=COc1cccnc1Cl)C(=O)Oc1ccccc1. The molecular weight excluding hydrogens is 308 g/mol. The van der Waals surface area contributed by atoms with Crippen molar-refractivity contribution in [3.8, 4) is 11.5 Å². The van der Waals surface area contributed by atoms with E-state index in [-0.39, 0.29) is 10.9 Å². The fourth-order valence-corrected chi connectivity index (χ4v) is 1.62. The Morgan fingerprint density at radius 1 is 1.23 bits per heavy atom. The Hall–Kier alpha value is -2.57. The standard InChI is InChI=1S/C15H13ClN2O4/c1-20-18-12(10-21-13-8-5-9-17-14(13)16)15(19)22-11-6-3-2-4-7-11/h2-10,18H,1H3. The first-order chi connectivity index (χ1) is 10.7. The Morgan fingerprint density at radius 3 is 2.68 bits per heavy atom. The van der Waals surface area contributed by atoms with E-state index in [4.69, 9.17) is 25.9 Å². The Kier molecular flexibility index (Phi) is 5.76. The molecule has 114 valence electrons. The third-order valence-electron chi connectivity index (χ3n) is 2.41. The highest BCUT2D eigenvalue weighted by Gasteiger charge is 2.13. The number of rotatable bonds is 6. The lowest BCUT2D eigenvalue weighted by Crippen LogP contribution is -2.24. The lowest BCUT2D eigenvalue weighted by atomic mass is 10.3. The van der Waals surface area contributed by atoms with Crippen LogP contribution in [-0.4, -0.2) is 18.1 Å². The van der Waals surface area contributed by atoms with Crippen molar-refractivity contribution in [2.75, 3.05) is 7.11 Å². The molecule has 7 heteroatoms. The maximum Gasteiger partial charge on any atom is 0.365 e. The molecule has 1 N–H and O–H groups in total. The van der Waals surface area contributed by atoms with Gasteiger partial charge in [-0.3, -0.25) is 10.3 Å². The number of hydrogen-bond acceptors (Lipinski definition) is 6. The number of pyridine rings is 1. The molecule has 0 unspecified atom stereocenters. The van der Waals surface area contributed by atoms with Crippen molar-refractivity contribution in [1.82, 2.24) is 10.5 Å². The summed E-state index contributed by atoms with van der Waals surface area (Å²) >= 11 is 5.86. The minimum absolute atomic E-state index is 0.0359. The summed E-state index contributed by atoms with van der Waals surface area (Å²) in [6.07, 6.45) is 2.66. The van der Waals surface area contributed by atoms with Crippen molar-refractivity contribution in [3.63, 3.8) is 0 Å². The van der Waals surface area contributed by atoms with Crippen LogP contribution in [0.2, 0.25) is 5.15 Å². The molecule has 6 nitrogen and oxygen atoms in total. The second-order valence-electron chi connectivity index (χ2n) is 3.95. The number of esters is 1. The second-order valence-corrected chi connectivity index (χ2v) is 4.31. The predicted molar refractivity (Wildman–Crippen MR) is 80.2 cm³/mol. The monoisotopic (exact) mass is 320 g/mol. The zero-order valence-electron chi connectivity index (χ0n) is 11.7. The molecule has 0 saturated heterocycles. The van der Waals surface area contributed by atoms with Crippen LogP contribution in [0.25, 0.3) is 0 Å². The van der Waals surface area contributed by atoms with Gasteiger partial charge in [0, 0.05) is 6.20 Å². The summed E-state index contributed by atoms with van der Waals surface area (Å²) in [5.41, 5.74) is 2.35. The minimum Gasteiger partial charge on any atom is -0.459 e. The van der Waals surface area contributed by atoms with Gasteiger partial charge in [-0.1, -0.05) is 29.8 Å². The first-order valence-electron chi connectivity index (χ1n) is 6.24. The van der Waals surface area contributed by atoms with Gasteiger partial charge in [-0.05, 0) is 24.3 Å². The molecule has 1 heterocycles. The minimum atomic E-state index is -0.673. The molecule has 22 heavy (non-hydrogen) atoms. The number of ether oxygens (including phenoxy) is 2. The molecule has 0 saturated carbocycles. The number of aromatic nitrogens is 1. The number of para-hydroxylation sites is 1. The summed E-state index contributed by atoms with van der Waals surface area (Å²) in [7, 11) is 1.36. The molecule has 0 radical (unpaired) electrons. The van der Waals surface area contributed by atoms with Crippen LogP contribution < -0.4 is 15.0 Å². The van der Waals surface area contributed by atoms with Crippen molar-refractivity contribution < 1.29 is 19.1 Å². The van der Waals surface area contributed by atoms with Gasteiger partial charge >= 0.3 is 5.97 Å². The van der Waals surface area contributed by atoms with Crippen molar-refractivity contribution >= 4 is 17.6 Å². The summed E-state index contributed by atoms with van der Waals surface area (Å²) in [6, 6.07) is 11.9. The Balaban J connectivity index is 2.10. The van der Waals surface area contributed by atoms with Crippen molar-refractivity contribution in [2.45, 2.75) is 0 Å². The summed E-state index contributed by atoms with van der Waals surface area (Å²) in [6.45, 7) is 0. The third kappa shape index (κ3) is 4.47. The van der Waals surface area contributed by atoms with Gasteiger partial charge in [-0.15, -0.1) is 0 Å². The van der Waals surface area contributed by atoms with Gasteiger partial charge in [0.15, 0.2) is 16.6 Å². The van der Waals surface area contributed by atoms with Crippen LogP contribution in [-0.2, 0) is 9.63 Å². The van der Waals surface area contributed by atoms with Crippen LogP contribution in [0.5, 0.6) is 11.5 Å². The molecule has 1 aromatic heterocycles. The molecule has 2 rings (SSSR count). The van der Waals surface area contributed by atoms with E-state index >= 15 is 0 Å². The molecule has 2 aromatic rings. The number of hydrogen-bond donors (Lipinski definition) is 1. The smallest absolute Gasteiger partial charge is 0.365 e. The Bertz CT molecular complexity index is 662. The highest BCUT2D eigenvalue weighted by molar-refractivity contribution is 6.30. The summed E-state index contributed by atoms with van der Waals surface area (Å²) < 4.78 is 10.5. The molecule has 0 atom stereocenters. The summed E-state index contributed by atoms with van der Waals surface area (Å²) in [5.74, 6) is 0.0239. The molecule has 0 spiro atoms. The maximum atomic E-state index is 12.0. The topological polar surface area (TPSA) is 69.7 Å². The van der Waals surface area contributed by atoms with Gasteiger partial charge < -0.3 is 9.47 Å². The van der Waals surface area contributed by atoms with Crippen LogP contribution in [0.1, 0.15) is 0 Å². The van der Waals surface area contributed by atoms with Gasteiger partial charge in [0.1, 0.15) is 12.0 Å². The molecule has 0 bridgehead atoms. The van der Waals surface area contributed by atoms with Crippen LogP contribution in [0.4, 0.5) is 0 Å². The number of nitrogens with one attached hydrogen (secondary N) is 1. The first kappa shape index (κ1) is 15.8. The van der Waals surface area contributed by atoms with E-state index in [9.17, 15) is 4.79 Å². The molecule has 0 fully saturated rings. The fraction of sp³-hybridized carbons (Fsp3) is 0.0667. The lowest BCUT2D eigenvalue weighted by molar-refractivity contribution is -0.132. The van der Waals surface area contributed by atoms with E-state index in [1.54, 1.807) is 36.4 Å². The Morgan fingerprint density at radius 2 is 2.00 bits per heavy atom. The number of nitrogens with zero attached hydrogens (tertiary/aromatic N) is 1. The van der Waals surface area contributed by atoms with Crippen LogP contribution in [0, 0.1) is 0 Å². The number of halogens is 1. The summed E-state index contributed by atoms with van der Waals surface area (Å²) in [5, 5.41) is 0.173. The molecule has 0 aliphatic carbocycles. The lowest BCUT2D eigenvalue weighted by Gasteiger charge is -2.09. The maximum absolute atomic E-state index is 12.0. The van der Waals surface area contributed by atoms with Crippen molar-refractivity contribution in [3.05, 3.63) is 65.8 Å². The van der Waals surface area contributed by atoms with Gasteiger partial charge in [-0.2, -0.15) is 0 Å². The second kappa shape index (κ2) is 8.02. The van der Waals surface area contributed by atoms with Gasteiger partial charge in [0.05, 0.1) is 7.11 Å². The van der Waals surface area contributed by atoms with Crippen LogP contribution in [0.15, 0.2) is 60.6 Å². The molecular formula is C15H13ClN2O4. The third-order valence-corrected chi connectivity index (χ3v) is 2.70. The van der Waals surface area contributed by atoms with E-state index in [0.29, 0.717) is 11.5 Å². The first-order valence-corrected chi connectivity index (χ1v) is 6.62.